The van der Waals surface area contributed by atoms with Gasteiger partial charge in [0.2, 0.25) is 0 Å². The highest BCUT2D eigenvalue weighted by atomic mass is 16.5. The number of benzene rings is 3. The largest absolute Gasteiger partial charge is 0.488 e. The molecule has 3 nitrogen and oxygen atoms in total. The summed E-state index contributed by atoms with van der Waals surface area (Å²) in [4.78, 5) is 11.0. The van der Waals surface area contributed by atoms with E-state index in [0.717, 1.165) is 28.0 Å². The zero-order valence-corrected chi connectivity index (χ0v) is 13.2. The van der Waals surface area contributed by atoms with Gasteiger partial charge in [0.05, 0.1) is 6.42 Å². The van der Waals surface area contributed by atoms with Crippen molar-refractivity contribution in [3.05, 3.63) is 90.0 Å². The lowest BCUT2D eigenvalue weighted by atomic mass is 10.0. The summed E-state index contributed by atoms with van der Waals surface area (Å²) in [6.45, 7) is 0.471. The van der Waals surface area contributed by atoms with Crippen LogP contribution < -0.4 is 4.74 Å². The Hall–Kier alpha value is -3.07. The molecule has 0 heterocycles. The van der Waals surface area contributed by atoms with E-state index in [9.17, 15) is 4.79 Å². The van der Waals surface area contributed by atoms with E-state index in [-0.39, 0.29) is 6.42 Å². The fraction of sp³-hybridized carbons (Fsp3) is 0.0952. The maximum atomic E-state index is 11.0. The fourth-order valence-electron chi connectivity index (χ4n) is 2.57. The lowest BCUT2D eigenvalue weighted by Gasteiger charge is -2.13. The number of rotatable bonds is 6. The first-order chi connectivity index (χ1) is 11.7. The molecule has 0 aliphatic carbocycles. The zero-order valence-electron chi connectivity index (χ0n) is 13.2. The van der Waals surface area contributed by atoms with Crippen molar-refractivity contribution in [1.82, 2.24) is 0 Å². The lowest BCUT2D eigenvalue weighted by molar-refractivity contribution is -0.136. The van der Waals surface area contributed by atoms with Crippen molar-refractivity contribution >= 4 is 5.97 Å². The average molecular weight is 318 g/mol. The minimum atomic E-state index is -0.841. The van der Waals surface area contributed by atoms with Crippen LogP contribution in [-0.4, -0.2) is 11.1 Å². The maximum Gasteiger partial charge on any atom is 0.307 e. The molecule has 0 fully saturated rings. The number of carbonyl (C=O) groups is 1. The van der Waals surface area contributed by atoms with Gasteiger partial charge in [-0.05, 0) is 28.8 Å². The van der Waals surface area contributed by atoms with Crippen LogP contribution in [0.4, 0.5) is 0 Å². The summed E-state index contributed by atoms with van der Waals surface area (Å²) in [6.07, 6.45) is -0.00119. The molecule has 24 heavy (non-hydrogen) atoms. The number of aliphatic carboxylic acids is 1. The normalized spacial score (nSPS) is 10.3. The Balaban J connectivity index is 1.91. The molecule has 0 radical (unpaired) electrons. The SMILES string of the molecule is O=C(O)Cc1ccc(OCc2ccccc2)c(-c2ccccc2)c1. The Labute approximate surface area is 141 Å². The molecule has 3 heteroatoms. The first-order valence-electron chi connectivity index (χ1n) is 7.79. The van der Waals surface area contributed by atoms with E-state index in [1.807, 2.05) is 72.8 Å². The predicted molar refractivity (Wildman–Crippen MR) is 94.0 cm³/mol. The molecule has 0 spiro atoms. The molecule has 120 valence electrons. The van der Waals surface area contributed by atoms with Crippen molar-refractivity contribution in [2.75, 3.05) is 0 Å². The topological polar surface area (TPSA) is 46.5 Å². The first-order valence-corrected chi connectivity index (χ1v) is 7.79. The number of ether oxygens (including phenoxy) is 1. The van der Waals surface area contributed by atoms with E-state index in [4.69, 9.17) is 9.84 Å². The summed E-state index contributed by atoms with van der Waals surface area (Å²) < 4.78 is 5.99. The molecule has 0 saturated carbocycles. The van der Waals surface area contributed by atoms with Crippen LogP contribution >= 0.6 is 0 Å². The predicted octanol–water partition coefficient (Wildman–Crippen LogP) is 4.56. The highest BCUT2D eigenvalue weighted by Crippen LogP contribution is 2.31. The number of carboxylic acid groups (broad SMARTS) is 1. The van der Waals surface area contributed by atoms with Gasteiger partial charge in [-0.3, -0.25) is 4.79 Å². The summed E-state index contributed by atoms with van der Waals surface area (Å²) in [7, 11) is 0. The van der Waals surface area contributed by atoms with Crippen molar-refractivity contribution in [1.29, 1.82) is 0 Å². The summed E-state index contributed by atoms with van der Waals surface area (Å²) >= 11 is 0. The Morgan fingerprint density at radius 2 is 1.50 bits per heavy atom. The Bertz CT molecular complexity index is 811. The monoisotopic (exact) mass is 318 g/mol. The third-order valence-electron chi connectivity index (χ3n) is 3.72. The molecular weight excluding hydrogens is 300 g/mol. The number of carboxylic acids is 1. The zero-order chi connectivity index (χ0) is 16.8. The molecule has 0 unspecified atom stereocenters. The molecule has 0 atom stereocenters. The van der Waals surface area contributed by atoms with Crippen LogP contribution in [0.5, 0.6) is 5.75 Å². The van der Waals surface area contributed by atoms with Crippen molar-refractivity contribution in [2.24, 2.45) is 0 Å². The highest BCUT2D eigenvalue weighted by molar-refractivity contribution is 5.75. The molecule has 3 aromatic carbocycles. The Morgan fingerprint density at radius 3 is 2.17 bits per heavy atom. The van der Waals surface area contributed by atoms with E-state index in [2.05, 4.69) is 0 Å². The molecule has 1 N–H and O–H groups in total. The minimum Gasteiger partial charge on any atom is -0.488 e. The standard InChI is InChI=1S/C21H18O3/c22-21(23)14-17-11-12-20(24-15-16-7-3-1-4-8-16)19(13-17)18-9-5-2-6-10-18/h1-13H,14-15H2,(H,22,23). The van der Waals surface area contributed by atoms with Gasteiger partial charge in [-0.25, -0.2) is 0 Å². The van der Waals surface area contributed by atoms with E-state index >= 15 is 0 Å². The van der Waals surface area contributed by atoms with Crippen LogP contribution in [0.25, 0.3) is 11.1 Å². The summed E-state index contributed by atoms with van der Waals surface area (Å²) in [5.74, 6) is -0.0915. The van der Waals surface area contributed by atoms with Crippen LogP contribution in [0.1, 0.15) is 11.1 Å². The van der Waals surface area contributed by atoms with Gasteiger partial charge in [0.25, 0.3) is 0 Å². The maximum absolute atomic E-state index is 11.0. The second-order valence-electron chi connectivity index (χ2n) is 5.54. The summed E-state index contributed by atoms with van der Waals surface area (Å²) in [5.41, 5.74) is 3.76. The molecule has 0 saturated heterocycles. The Morgan fingerprint density at radius 1 is 0.833 bits per heavy atom. The Kier molecular flexibility index (Phi) is 4.92. The van der Waals surface area contributed by atoms with Gasteiger partial charge in [0.1, 0.15) is 12.4 Å². The van der Waals surface area contributed by atoms with Gasteiger partial charge < -0.3 is 9.84 Å². The molecule has 0 aromatic heterocycles. The molecule has 0 aliphatic heterocycles. The van der Waals surface area contributed by atoms with Gasteiger partial charge in [0.15, 0.2) is 0 Å². The van der Waals surface area contributed by atoms with Gasteiger partial charge >= 0.3 is 5.97 Å². The van der Waals surface area contributed by atoms with E-state index in [0.29, 0.717) is 6.61 Å². The van der Waals surface area contributed by atoms with E-state index < -0.39 is 5.97 Å². The molecule has 0 aliphatic rings. The molecule has 0 amide bonds. The molecular formula is C21H18O3. The smallest absolute Gasteiger partial charge is 0.307 e. The van der Waals surface area contributed by atoms with Crippen LogP contribution in [-0.2, 0) is 17.8 Å². The second kappa shape index (κ2) is 7.47. The first kappa shape index (κ1) is 15.8. The number of hydrogen-bond acceptors (Lipinski definition) is 2. The quantitative estimate of drug-likeness (QED) is 0.725. The second-order valence-corrected chi connectivity index (χ2v) is 5.54. The van der Waals surface area contributed by atoms with Crippen molar-refractivity contribution in [2.45, 2.75) is 13.0 Å². The van der Waals surface area contributed by atoms with E-state index in [1.54, 1.807) is 6.07 Å². The number of hydrogen-bond donors (Lipinski definition) is 1. The summed E-state index contributed by atoms with van der Waals surface area (Å²) in [6, 6.07) is 25.4. The molecule has 3 aromatic rings. The van der Waals surface area contributed by atoms with Gasteiger partial charge in [-0.2, -0.15) is 0 Å². The van der Waals surface area contributed by atoms with Crippen LogP contribution in [0, 0.1) is 0 Å². The fourth-order valence-corrected chi connectivity index (χ4v) is 2.57. The van der Waals surface area contributed by atoms with Crippen LogP contribution in [0.15, 0.2) is 78.9 Å². The lowest BCUT2D eigenvalue weighted by Crippen LogP contribution is -2.02. The van der Waals surface area contributed by atoms with Gasteiger partial charge in [-0.15, -0.1) is 0 Å². The third-order valence-corrected chi connectivity index (χ3v) is 3.72. The third kappa shape index (κ3) is 4.02. The van der Waals surface area contributed by atoms with E-state index in [1.165, 1.54) is 0 Å². The highest BCUT2D eigenvalue weighted by Gasteiger charge is 2.10. The summed E-state index contributed by atoms with van der Waals surface area (Å²) in [5, 5.41) is 9.02. The average Bonchev–Trinajstić information content (AvgIpc) is 2.62. The van der Waals surface area contributed by atoms with Crippen LogP contribution in [0.2, 0.25) is 0 Å². The van der Waals surface area contributed by atoms with Gasteiger partial charge in [0, 0.05) is 5.56 Å². The molecule has 3 rings (SSSR count). The van der Waals surface area contributed by atoms with Crippen LogP contribution in [0.3, 0.4) is 0 Å². The van der Waals surface area contributed by atoms with Crippen molar-refractivity contribution in [3.8, 4) is 16.9 Å². The minimum absolute atomic E-state index is 0.00119. The van der Waals surface area contributed by atoms with Gasteiger partial charge in [-0.1, -0.05) is 66.7 Å². The van der Waals surface area contributed by atoms with Crippen molar-refractivity contribution < 1.29 is 14.6 Å². The molecule has 0 bridgehead atoms. The van der Waals surface area contributed by atoms with Crippen molar-refractivity contribution in [3.63, 3.8) is 0 Å².